The van der Waals surface area contributed by atoms with Gasteiger partial charge in [-0.3, -0.25) is 14.5 Å². The quantitative estimate of drug-likeness (QED) is 0.249. The summed E-state index contributed by atoms with van der Waals surface area (Å²) in [6.45, 7) is 10.9. The molecule has 7 heteroatoms. The average molecular weight is 490 g/mol. The maximum Gasteiger partial charge on any atom is 0.300 e. The number of rotatable bonds is 7. The van der Waals surface area contributed by atoms with Crippen molar-refractivity contribution in [2.24, 2.45) is 0 Å². The van der Waals surface area contributed by atoms with Crippen LogP contribution in [0.4, 0.5) is 5.69 Å². The Hall–Kier alpha value is -4.00. The van der Waals surface area contributed by atoms with Crippen molar-refractivity contribution in [2.45, 2.75) is 46.1 Å². The zero-order valence-electron chi connectivity index (χ0n) is 21.2. The molecule has 0 spiro atoms. The number of ketones is 1. The Morgan fingerprint density at radius 1 is 1.00 bits per heavy atom. The molecule has 0 aliphatic carbocycles. The topological polar surface area (TPSA) is 89.2 Å². The monoisotopic (exact) mass is 489 g/mol. The van der Waals surface area contributed by atoms with Crippen LogP contribution in [0.5, 0.6) is 11.5 Å². The maximum absolute atomic E-state index is 13.4. The summed E-state index contributed by atoms with van der Waals surface area (Å²) in [5, 5.41) is 11.5. The second kappa shape index (κ2) is 9.93. The van der Waals surface area contributed by atoms with Crippen molar-refractivity contribution < 1.29 is 28.6 Å². The molecule has 1 N–H and O–H groups in total. The summed E-state index contributed by atoms with van der Waals surface area (Å²) < 4.78 is 17.0. The molecule has 36 heavy (non-hydrogen) atoms. The van der Waals surface area contributed by atoms with Gasteiger partial charge >= 0.3 is 0 Å². The van der Waals surface area contributed by atoms with Gasteiger partial charge in [0.25, 0.3) is 11.7 Å². The molecule has 4 rings (SSSR count). The fourth-order valence-electron chi connectivity index (χ4n) is 4.40. The Morgan fingerprint density at radius 3 is 2.39 bits per heavy atom. The van der Waals surface area contributed by atoms with E-state index in [0.29, 0.717) is 41.7 Å². The highest BCUT2D eigenvalue weighted by atomic mass is 16.5. The van der Waals surface area contributed by atoms with Gasteiger partial charge in [0.2, 0.25) is 0 Å². The Kier molecular flexibility index (Phi) is 6.93. The van der Waals surface area contributed by atoms with Gasteiger partial charge in [-0.1, -0.05) is 26.8 Å². The van der Waals surface area contributed by atoms with Gasteiger partial charge < -0.3 is 19.0 Å². The molecule has 2 aromatic carbocycles. The van der Waals surface area contributed by atoms with Gasteiger partial charge in [0.1, 0.15) is 29.1 Å². The van der Waals surface area contributed by atoms with E-state index in [1.54, 1.807) is 48.5 Å². The van der Waals surface area contributed by atoms with Crippen LogP contribution in [-0.2, 0) is 15.0 Å². The number of Topliss-reactive ketones (excluding diaryl/α,β-unsaturated/α-hetero) is 1. The SMILES string of the molecule is CCOc1cccc(N2C(=O)C(=O)/C(=C(\O)c3ccc(OCC)c(C(C)(C)C)c3)C2c2ccco2)c1. The summed E-state index contributed by atoms with van der Waals surface area (Å²) in [7, 11) is 0. The van der Waals surface area contributed by atoms with E-state index < -0.39 is 17.7 Å². The van der Waals surface area contributed by atoms with Crippen LogP contribution < -0.4 is 14.4 Å². The summed E-state index contributed by atoms with van der Waals surface area (Å²) in [6.07, 6.45) is 1.47. The van der Waals surface area contributed by atoms with E-state index in [1.807, 2.05) is 40.7 Å². The first-order valence-electron chi connectivity index (χ1n) is 12.0. The van der Waals surface area contributed by atoms with Crippen LogP contribution in [0, 0.1) is 0 Å². The third-order valence-electron chi connectivity index (χ3n) is 6.02. The standard InChI is InChI=1S/C29H31NO6/c1-6-34-20-11-8-10-19(17-20)30-25(23-12-9-15-36-23)24(27(32)28(30)33)26(31)18-13-14-22(35-7-2)21(16-18)29(3,4)5/h8-17,25,31H,6-7H2,1-5H3/b26-24-. The van der Waals surface area contributed by atoms with Gasteiger partial charge in [0.15, 0.2) is 0 Å². The fraction of sp³-hybridized carbons (Fsp3) is 0.310. The van der Waals surface area contributed by atoms with E-state index in [9.17, 15) is 14.7 Å². The summed E-state index contributed by atoms with van der Waals surface area (Å²) in [6, 6.07) is 14.6. The van der Waals surface area contributed by atoms with Gasteiger partial charge in [-0.2, -0.15) is 0 Å². The molecule has 1 saturated heterocycles. The molecule has 1 aliphatic rings. The highest BCUT2D eigenvalue weighted by molar-refractivity contribution is 6.51. The van der Waals surface area contributed by atoms with Crippen LogP contribution in [0.2, 0.25) is 0 Å². The minimum atomic E-state index is -0.943. The Morgan fingerprint density at radius 2 is 1.75 bits per heavy atom. The molecule has 1 fully saturated rings. The number of amides is 1. The maximum atomic E-state index is 13.4. The van der Waals surface area contributed by atoms with Gasteiger partial charge in [-0.05, 0) is 61.7 Å². The van der Waals surface area contributed by atoms with E-state index in [0.717, 1.165) is 5.56 Å². The Bertz CT molecular complexity index is 1300. The lowest BCUT2D eigenvalue weighted by Crippen LogP contribution is -2.29. The van der Waals surface area contributed by atoms with Crippen molar-refractivity contribution in [3.8, 4) is 11.5 Å². The molecule has 1 aliphatic heterocycles. The highest BCUT2D eigenvalue weighted by Crippen LogP contribution is 2.43. The number of anilines is 1. The van der Waals surface area contributed by atoms with Gasteiger partial charge in [0.05, 0.1) is 25.1 Å². The number of benzene rings is 2. The van der Waals surface area contributed by atoms with Crippen molar-refractivity contribution in [1.29, 1.82) is 0 Å². The van der Waals surface area contributed by atoms with Crippen molar-refractivity contribution in [1.82, 2.24) is 0 Å². The predicted octanol–water partition coefficient (Wildman–Crippen LogP) is 6.00. The lowest BCUT2D eigenvalue weighted by molar-refractivity contribution is -0.132. The van der Waals surface area contributed by atoms with Gasteiger partial charge in [-0.15, -0.1) is 0 Å². The Labute approximate surface area is 210 Å². The van der Waals surface area contributed by atoms with Crippen molar-refractivity contribution >= 4 is 23.1 Å². The second-order valence-electron chi connectivity index (χ2n) is 9.51. The number of aliphatic hydroxyl groups is 1. The zero-order chi connectivity index (χ0) is 26.0. The molecule has 188 valence electrons. The summed E-state index contributed by atoms with van der Waals surface area (Å²) in [4.78, 5) is 28.0. The first-order chi connectivity index (χ1) is 17.2. The number of ether oxygens (including phenoxy) is 2. The minimum absolute atomic E-state index is 0.0409. The van der Waals surface area contributed by atoms with Crippen LogP contribution in [0.1, 0.15) is 57.5 Å². The molecular formula is C29H31NO6. The smallest absolute Gasteiger partial charge is 0.300 e. The highest BCUT2D eigenvalue weighted by Gasteiger charge is 2.48. The van der Waals surface area contributed by atoms with Crippen molar-refractivity contribution in [2.75, 3.05) is 18.1 Å². The van der Waals surface area contributed by atoms with Crippen LogP contribution in [0.15, 0.2) is 70.9 Å². The lowest BCUT2D eigenvalue weighted by atomic mass is 9.84. The lowest BCUT2D eigenvalue weighted by Gasteiger charge is -2.25. The summed E-state index contributed by atoms with van der Waals surface area (Å²) >= 11 is 0. The number of carbonyl (C=O) groups excluding carboxylic acids is 2. The minimum Gasteiger partial charge on any atom is -0.507 e. The van der Waals surface area contributed by atoms with Crippen LogP contribution in [-0.4, -0.2) is 30.0 Å². The largest absolute Gasteiger partial charge is 0.507 e. The summed E-state index contributed by atoms with van der Waals surface area (Å²) in [5.74, 6) is -0.185. The van der Waals surface area contributed by atoms with E-state index in [-0.39, 0.29) is 16.7 Å². The van der Waals surface area contributed by atoms with Gasteiger partial charge in [0, 0.05) is 22.9 Å². The van der Waals surface area contributed by atoms with E-state index in [2.05, 4.69) is 0 Å². The number of aliphatic hydroxyl groups excluding tert-OH is 1. The van der Waals surface area contributed by atoms with E-state index in [1.165, 1.54) is 11.2 Å². The zero-order valence-corrected chi connectivity index (χ0v) is 21.2. The van der Waals surface area contributed by atoms with E-state index in [4.69, 9.17) is 13.9 Å². The second-order valence-corrected chi connectivity index (χ2v) is 9.51. The molecule has 0 bridgehead atoms. The number of carbonyl (C=O) groups is 2. The number of hydrogen-bond donors (Lipinski definition) is 1. The molecule has 2 heterocycles. The fourth-order valence-corrected chi connectivity index (χ4v) is 4.40. The van der Waals surface area contributed by atoms with Crippen LogP contribution in [0.3, 0.4) is 0 Å². The first-order valence-corrected chi connectivity index (χ1v) is 12.0. The number of furan rings is 1. The molecule has 1 aromatic heterocycles. The molecule has 1 amide bonds. The molecule has 3 aromatic rings. The van der Waals surface area contributed by atoms with Crippen LogP contribution >= 0.6 is 0 Å². The number of nitrogens with zero attached hydrogens (tertiary/aromatic N) is 1. The molecule has 1 atom stereocenters. The van der Waals surface area contributed by atoms with Crippen LogP contribution in [0.25, 0.3) is 5.76 Å². The summed E-state index contributed by atoms with van der Waals surface area (Å²) in [5.41, 5.74) is 1.43. The third kappa shape index (κ3) is 4.61. The van der Waals surface area contributed by atoms with Gasteiger partial charge in [-0.25, -0.2) is 0 Å². The van der Waals surface area contributed by atoms with Crippen molar-refractivity contribution in [3.63, 3.8) is 0 Å². The number of hydrogen-bond acceptors (Lipinski definition) is 6. The third-order valence-corrected chi connectivity index (χ3v) is 6.02. The Balaban J connectivity index is 1.90. The molecule has 0 radical (unpaired) electrons. The normalized spacial score (nSPS) is 17.5. The van der Waals surface area contributed by atoms with E-state index >= 15 is 0 Å². The molecule has 0 saturated carbocycles. The van der Waals surface area contributed by atoms with Crippen molar-refractivity contribution in [3.05, 3.63) is 83.3 Å². The molecule has 7 nitrogen and oxygen atoms in total. The average Bonchev–Trinajstić information content (AvgIpc) is 3.46. The molecular weight excluding hydrogens is 458 g/mol. The molecule has 1 unspecified atom stereocenters. The first kappa shape index (κ1) is 25.1. The predicted molar refractivity (Wildman–Crippen MR) is 137 cm³/mol.